The fourth-order valence-corrected chi connectivity index (χ4v) is 4.64. The van der Waals surface area contributed by atoms with Crippen LogP contribution in [0.3, 0.4) is 0 Å². The number of hydrogen-bond donors (Lipinski definition) is 1. The van der Waals surface area contributed by atoms with Crippen LogP contribution in [0.4, 0.5) is 4.79 Å². The van der Waals surface area contributed by atoms with Crippen molar-refractivity contribution in [2.24, 2.45) is 0 Å². The minimum atomic E-state index is -1.05. The van der Waals surface area contributed by atoms with Crippen molar-refractivity contribution in [3.8, 4) is 5.75 Å². The van der Waals surface area contributed by atoms with Crippen LogP contribution in [0.2, 0.25) is 0 Å². The second kappa shape index (κ2) is 8.75. The summed E-state index contributed by atoms with van der Waals surface area (Å²) in [6.45, 7) is 4.45. The number of H-pyrrole nitrogens is 1. The largest absolute Gasteiger partial charge is 0.497 e. The van der Waals surface area contributed by atoms with Gasteiger partial charge in [-0.2, -0.15) is 0 Å². The predicted octanol–water partition coefficient (Wildman–Crippen LogP) is 4.80. The number of aromatic amines is 1. The molecule has 0 bridgehead atoms. The second-order valence-electron chi connectivity index (χ2n) is 7.90. The first-order valence-corrected chi connectivity index (χ1v) is 12.1. The summed E-state index contributed by atoms with van der Waals surface area (Å²) in [6, 6.07) is 13.3. The minimum absolute atomic E-state index is 0.143. The van der Waals surface area contributed by atoms with Crippen LogP contribution in [0.1, 0.15) is 43.1 Å². The van der Waals surface area contributed by atoms with Crippen LogP contribution in [-0.4, -0.2) is 46.2 Å². The molecule has 0 saturated heterocycles. The number of carbonyl (C=O) groups excluding carboxylic acids is 1. The van der Waals surface area contributed by atoms with Gasteiger partial charge in [-0.25, -0.2) is 4.79 Å². The van der Waals surface area contributed by atoms with Crippen molar-refractivity contribution in [1.29, 1.82) is 0 Å². The fourth-order valence-electron chi connectivity index (χ4n) is 4.10. The van der Waals surface area contributed by atoms with Crippen molar-refractivity contribution in [3.63, 3.8) is 0 Å². The summed E-state index contributed by atoms with van der Waals surface area (Å²) in [5, 5.41) is 1.07. The molecule has 2 aromatic carbocycles. The van der Waals surface area contributed by atoms with Crippen LogP contribution in [-0.2, 0) is 22.0 Å². The number of ether oxygens (including phenoxy) is 2. The molecule has 31 heavy (non-hydrogen) atoms. The predicted molar refractivity (Wildman–Crippen MR) is 122 cm³/mol. The number of hydrogen-bond acceptors (Lipinski definition) is 4. The third-order valence-corrected chi connectivity index (χ3v) is 6.89. The van der Waals surface area contributed by atoms with E-state index in [0.29, 0.717) is 13.0 Å². The Kier molecular flexibility index (Phi) is 6.05. The maximum atomic E-state index is 13.1. The fraction of sp³-hybridized carbons (Fsp3) is 0.375. The molecule has 2 heterocycles. The first kappa shape index (κ1) is 21.4. The lowest BCUT2D eigenvalue weighted by Gasteiger charge is -2.36. The molecule has 0 aliphatic carbocycles. The standard InChI is InChI=1S/C24H28N2O4S/c1-5-15(2)30-24(27)26-13-12-19-20-14-18(31(4)28)10-11-21(20)25-22(19)23(26)16-6-8-17(29-3)9-7-16/h6-11,14-15,23,25H,5,12-13H2,1-4H3. The molecule has 1 aliphatic rings. The van der Waals surface area contributed by atoms with Gasteiger partial charge in [-0.3, -0.25) is 9.11 Å². The van der Waals surface area contributed by atoms with Gasteiger partial charge in [-0.15, -0.1) is 0 Å². The molecule has 3 atom stereocenters. The van der Waals surface area contributed by atoms with Crippen LogP contribution in [0.5, 0.6) is 5.75 Å². The summed E-state index contributed by atoms with van der Waals surface area (Å²) in [4.78, 5) is 19.2. The average Bonchev–Trinajstić information content (AvgIpc) is 3.16. The number of carbonyl (C=O) groups is 1. The Hall–Kier alpha value is -2.80. The van der Waals surface area contributed by atoms with Crippen LogP contribution < -0.4 is 4.74 Å². The number of nitrogens with one attached hydrogen (secondary N) is 1. The normalized spacial score (nSPS) is 17.8. The molecule has 3 aromatic rings. The number of aromatic nitrogens is 1. The average molecular weight is 441 g/mol. The number of amides is 1. The highest BCUT2D eigenvalue weighted by Gasteiger charge is 2.36. The first-order chi connectivity index (χ1) is 14.9. The van der Waals surface area contributed by atoms with Gasteiger partial charge in [0.25, 0.3) is 0 Å². The van der Waals surface area contributed by atoms with Gasteiger partial charge in [0.2, 0.25) is 0 Å². The second-order valence-corrected chi connectivity index (χ2v) is 9.28. The van der Waals surface area contributed by atoms with Crippen LogP contribution in [0.15, 0.2) is 47.4 Å². The molecular weight excluding hydrogens is 412 g/mol. The molecule has 0 spiro atoms. The highest BCUT2D eigenvalue weighted by molar-refractivity contribution is 7.84. The Morgan fingerprint density at radius 1 is 1.26 bits per heavy atom. The molecular formula is C24H28N2O4S. The zero-order valence-corrected chi connectivity index (χ0v) is 19.1. The summed E-state index contributed by atoms with van der Waals surface area (Å²) in [6.07, 6.45) is 2.70. The molecule has 0 fully saturated rings. The molecule has 1 N–H and O–H groups in total. The Morgan fingerprint density at radius 3 is 2.65 bits per heavy atom. The number of methoxy groups -OCH3 is 1. The van der Waals surface area contributed by atoms with Crippen molar-refractivity contribution in [2.45, 2.75) is 43.7 Å². The van der Waals surface area contributed by atoms with Crippen molar-refractivity contribution in [1.82, 2.24) is 9.88 Å². The van der Waals surface area contributed by atoms with E-state index in [2.05, 4.69) is 4.98 Å². The SMILES string of the molecule is CCC(C)OC(=O)N1CCc2c([nH]c3ccc(S(C)=O)cc23)C1c1ccc(OC)cc1. The zero-order valence-electron chi connectivity index (χ0n) is 18.3. The lowest BCUT2D eigenvalue weighted by molar-refractivity contribution is 0.0579. The monoisotopic (exact) mass is 440 g/mol. The highest BCUT2D eigenvalue weighted by Crippen LogP contribution is 2.39. The van der Waals surface area contributed by atoms with E-state index in [0.717, 1.165) is 44.8 Å². The minimum Gasteiger partial charge on any atom is -0.497 e. The third-order valence-electron chi connectivity index (χ3n) is 5.97. The van der Waals surface area contributed by atoms with Gasteiger partial charge in [0, 0.05) is 45.1 Å². The van der Waals surface area contributed by atoms with E-state index < -0.39 is 10.8 Å². The number of nitrogens with zero attached hydrogens (tertiary/aromatic N) is 1. The lowest BCUT2D eigenvalue weighted by atomic mass is 9.92. The summed E-state index contributed by atoms with van der Waals surface area (Å²) in [5.74, 6) is 0.764. The van der Waals surface area contributed by atoms with Gasteiger partial charge in [0.1, 0.15) is 17.9 Å². The molecule has 1 aliphatic heterocycles. The molecule has 6 nitrogen and oxygen atoms in total. The molecule has 1 aromatic heterocycles. The smallest absolute Gasteiger partial charge is 0.410 e. The highest BCUT2D eigenvalue weighted by atomic mass is 32.2. The molecule has 4 rings (SSSR count). The van der Waals surface area contributed by atoms with E-state index in [1.807, 2.05) is 56.3 Å². The third kappa shape index (κ3) is 4.06. The number of rotatable bonds is 5. The van der Waals surface area contributed by atoms with E-state index in [-0.39, 0.29) is 18.2 Å². The van der Waals surface area contributed by atoms with E-state index in [1.54, 1.807) is 18.3 Å². The Balaban J connectivity index is 1.82. The summed E-state index contributed by atoms with van der Waals surface area (Å²) in [5.41, 5.74) is 4.10. The van der Waals surface area contributed by atoms with Gasteiger partial charge in [0.05, 0.1) is 7.11 Å². The molecule has 0 radical (unpaired) electrons. The van der Waals surface area contributed by atoms with Crippen LogP contribution >= 0.6 is 0 Å². The molecule has 1 amide bonds. The van der Waals surface area contributed by atoms with Crippen molar-refractivity contribution < 1.29 is 18.5 Å². The quantitative estimate of drug-likeness (QED) is 0.619. The van der Waals surface area contributed by atoms with E-state index in [1.165, 1.54) is 0 Å². The van der Waals surface area contributed by atoms with Gasteiger partial charge >= 0.3 is 6.09 Å². The van der Waals surface area contributed by atoms with Gasteiger partial charge in [0.15, 0.2) is 0 Å². The van der Waals surface area contributed by atoms with Crippen LogP contribution in [0.25, 0.3) is 10.9 Å². The summed E-state index contributed by atoms with van der Waals surface area (Å²) in [7, 11) is 0.582. The topological polar surface area (TPSA) is 71.6 Å². The first-order valence-electron chi connectivity index (χ1n) is 10.5. The number of benzene rings is 2. The van der Waals surface area contributed by atoms with E-state index in [9.17, 15) is 9.00 Å². The Bertz CT molecular complexity index is 1120. The Morgan fingerprint density at radius 2 is 2.00 bits per heavy atom. The van der Waals surface area contributed by atoms with E-state index in [4.69, 9.17) is 9.47 Å². The maximum Gasteiger partial charge on any atom is 0.410 e. The molecule has 164 valence electrons. The van der Waals surface area contributed by atoms with Crippen LogP contribution in [0, 0.1) is 0 Å². The van der Waals surface area contributed by atoms with Gasteiger partial charge in [-0.05, 0) is 61.2 Å². The zero-order chi connectivity index (χ0) is 22.1. The van der Waals surface area contributed by atoms with Crippen molar-refractivity contribution >= 4 is 27.8 Å². The summed E-state index contributed by atoms with van der Waals surface area (Å²) >= 11 is 0. The van der Waals surface area contributed by atoms with Gasteiger partial charge in [-0.1, -0.05) is 19.1 Å². The number of fused-ring (bicyclic) bond motifs is 3. The molecule has 3 unspecified atom stereocenters. The maximum absolute atomic E-state index is 13.1. The van der Waals surface area contributed by atoms with Gasteiger partial charge < -0.3 is 14.5 Å². The lowest BCUT2D eigenvalue weighted by Crippen LogP contribution is -2.41. The van der Waals surface area contributed by atoms with Crippen molar-refractivity contribution in [2.75, 3.05) is 19.9 Å². The molecule has 0 saturated carbocycles. The van der Waals surface area contributed by atoms with Crippen molar-refractivity contribution in [3.05, 3.63) is 59.3 Å². The van der Waals surface area contributed by atoms with E-state index >= 15 is 0 Å². The Labute approximate surface area is 185 Å². The summed E-state index contributed by atoms with van der Waals surface area (Å²) < 4.78 is 23.0. The molecule has 7 heteroatoms.